The zero-order chi connectivity index (χ0) is 22.1. The highest BCUT2D eigenvalue weighted by Crippen LogP contribution is 2.35. The molecule has 1 aliphatic rings. The van der Waals surface area contributed by atoms with E-state index in [2.05, 4.69) is 20.4 Å². The number of halogens is 2. The number of fused-ring (bicyclic) bond motifs is 1. The summed E-state index contributed by atoms with van der Waals surface area (Å²) in [5.41, 5.74) is -0.0526. The zero-order valence-electron chi connectivity index (χ0n) is 17.5. The topological polar surface area (TPSA) is 102 Å². The van der Waals surface area contributed by atoms with Crippen LogP contribution >= 0.6 is 0 Å². The van der Waals surface area contributed by atoms with E-state index in [9.17, 15) is 18.4 Å². The second-order valence-electron chi connectivity index (χ2n) is 8.00. The summed E-state index contributed by atoms with van der Waals surface area (Å²) in [6.07, 6.45) is 3.13. The minimum atomic E-state index is -3.05. The van der Waals surface area contributed by atoms with Gasteiger partial charge in [0.1, 0.15) is 0 Å². The first kappa shape index (κ1) is 21.8. The van der Waals surface area contributed by atoms with Crippen LogP contribution in [-0.2, 0) is 14.9 Å². The number of imidazole rings is 1. The number of piperidine rings is 1. The number of nitrogens with zero attached hydrogens (tertiary/aromatic N) is 5. The normalized spacial score (nSPS) is 16.7. The Morgan fingerprint density at radius 2 is 1.97 bits per heavy atom. The van der Waals surface area contributed by atoms with Gasteiger partial charge in [0, 0.05) is 20.0 Å². The maximum atomic E-state index is 13.4. The smallest absolute Gasteiger partial charge is 0.409 e. The molecule has 0 atom stereocenters. The zero-order valence-corrected chi connectivity index (χ0v) is 17.5. The van der Waals surface area contributed by atoms with Gasteiger partial charge in [0.2, 0.25) is 5.91 Å². The Bertz CT molecular complexity index is 932. The molecular weight excluding hydrogens is 398 g/mol. The Hall–Kier alpha value is -2.85. The van der Waals surface area contributed by atoms with Crippen LogP contribution < -0.4 is 5.32 Å². The summed E-state index contributed by atoms with van der Waals surface area (Å²) in [5.74, 6) is -3.11. The third-order valence-corrected chi connectivity index (χ3v) is 5.34. The van der Waals surface area contributed by atoms with Gasteiger partial charge < -0.3 is 15.0 Å². The van der Waals surface area contributed by atoms with E-state index in [4.69, 9.17) is 4.74 Å². The molecule has 3 rings (SSSR count). The molecule has 11 heteroatoms. The first-order valence-corrected chi connectivity index (χ1v) is 9.77. The first-order chi connectivity index (χ1) is 14.1. The average molecular weight is 424 g/mol. The molecule has 2 aromatic rings. The molecule has 2 amide bonds. The summed E-state index contributed by atoms with van der Waals surface area (Å²) in [6, 6.07) is 0. The number of ether oxygens (including phenoxy) is 1. The van der Waals surface area contributed by atoms with Crippen LogP contribution in [0, 0.1) is 0 Å². The Labute approximate surface area is 172 Å². The van der Waals surface area contributed by atoms with Gasteiger partial charge in [-0.25, -0.2) is 28.1 Å². The maximum absolute atomic E-state index is 13.4. The number of hydrogen-bond acceptors (Lipinski definition) is 6. The lowest BCUT2D eigenvalue weighted by Gasteiger charge is -2.39. The van der Waals surface area contributed by atoms with Crippen LogP contribution in [0.15, 0.2) is 12.4 Å². The molecule has 164 valence electrons. The van der Waals surface area contributed by atoms with Crippen LogP contribution in [0.5, 0.6) is 0 Å². The molecule has 0 aromatic carbocycles. The average Bonchev–Trinajstić information content (AvgIpc) is 3.14. The summed E-state index contributed by atoms with van der Waals surface area (Å²) < 4.78 is 33.0. The van der Waals surface area contributed by atoms with Gasteiger partial charge >= 0.3 is 6.09 Å². The van der Waals surface area contributed by atoms with Crippen molar-refractivity contribution in [3.8, 4) is 0 Å². The van der Waals surface area contributed by atoms with Crippen molar-refractivity contribution >= 4 is 17.8 Å². The molecule has 1 fully saturated rings. The number of rotatable bonds is 5. The molecule has 0 radical (unpaired) electrons. The first-order valence-electron chi connectivity index (χ1n) is 9.77. The van der Waals surface area contributed by atoms with Crippen LogP contribution in [-0.4, -0.2) is 69.1 Å². The molecular formula is C19H26F2N6O3. The molecule has 0 aliphatic carbocycles. The fourth-order valence-electron chi connectivity index (χ4n) is 3.51. The van der Waals surface area contributed by atoms with Crippen molar-refractivity contribution in [2.45, 2.75) is 50.9 Å². The number of likely N-dealkylation sites (tertiary alicyclic amines) is 1. The van der Waals surface area contributed by atoms with Crippen molar-refractivity contribution in [3.05, 3.63) is 23.8 Å². The second kappa shape index (κ2) is 8.11. The molecule has 0 spiro atoms. The van der Waals surface area contributed by atoms with Crippen molar-refractivity contribution in [2.24, 2.45) is 0 Å². The van der Waals surface area contributed by atoms with Gasteiger partial charge in [-0.2, -0.15) is 5.10 Å². The number of nitrogens with one attached hydrogen (secondary N) is 1. The number of carbonyl (C=O) groups is 2. The Morgan fingerprint density at radius 3 is 2.53 bits per heavy atom. The summed E-state index contributed by atoms with van der Waals surface area (Å²) >= 11 is 0. The van der Waals surface area contributed by atoms with Crippen LogP contribution in [0.2, 0.25) is 0 Å². The lowest BCUT2D eigenvalue weighted by Crippen LogP contribution is -2.54. The van der Waals surface area contributed by atoms with Gasteiger partial charge in [0.25, 0.3) is 11.7 Å². The van der Waals surface area contributed by atoms with Crippen molar-refractivity contribution < 1.29 is 23.1 Å². The number of amides is 2. The fourth-order valence-corrected chi connectivity index (χ4v) is 3.51. The molecule has 1 N–H and O–H groups in total. The molecule has 1 aliphatic heterocycles. The van der Waals surface area contributed by atoms with E-state index >= 15 is 0 Å². The minimum Gasteiger partial charge on any atom is -0.453 e. The van der Waals surface area contributed by atoms with Gasteiger partial charge in [-0.05, 0) is 18.8 Å². The van der Waals surface area contributed by atoms with Gasteiger partial charge in [-0.15, -0.1) is 0 Å². The van der Waals surface area contributed by atoms with Crippen molar-refractivity contribution in [1.82, 2.24) is 29.8 Å². The highest BCUT2D eigenvalue weighted by Gasteiger charge is 2.46. The highest BCUT2D eigenvalue weighted by molar-refractivity contribution is 5.88. The Balaban J connectivity index is 1.96. The van der Waals surface area contributed by atoms with Crippen molar-refractivity contribution in [1.29, 1.82) is 0 Å². The van der Waals surface area contributed by atoms with Crippen molar-refractivity contribution in [2.75, 3.05) is 26.7 Å². The quantitative estimate of drug-likeness (QED) is 0.789. The summed E-state index contributed by atoms with van der Waals surface area (Å²) in [7, 11) is 1.28. The monoisotopic (exact) mass is 424 g/mol. The van der Waals surface area contributed by atoms with Crippen molar-refractivity contribution in [3.63, 3.8) is 0 Å². The van der Waals surface area contributed by atoms with Crippen LogP contribution in [0.3, 0.4) is 0 Å². The van der Waals surface area contributed by atoms with E-state index in [1.807, 2.05) is 13.8 Å². The SMILES string of the molecule is COC(=O)N1CCC(C(=O)NCC(C)(F)F)(c2cnn3cc(C(C)C)nc3n2)CC1. The predicted octanol–water partition coefficient (Wildman–Crippen LogP) is 2.12. The standard InChI is InChI=1S/C19H26F2N6O3/c1-12(2)13-10-27-16(24-13)25-14(9-23-27)19(15(28)22-11-18(3,20)21)5-7-26(8-6-19)17(29)30-4/h9-10,12H,5-8,11H2,1-4H3,(H,22,28). The lowest BCUT2D eigenvalue weighted by atomic mass is 9.75. The molecule has 9 nitrogen and oxygen atoms in total. The summed E-state index contributed by atoms with van der Waals surface area (Å²) in [6.45, 7) is 4.38. The van der Waals surface area contributed by atoms with Gasteiger partial charge in [-0.1, -0.05) is 13.8 Å². The Morgan fingerprint density at radius 1 is 1.30 bits per heavy atom. The van der Waals surface area contributed by atoms with Crippen LogP contribution in [0.1, 0.15) is 50.9 Å². The lowest BCUT2D eigenvalue weighted by molar-refractivity contribution is -0.130. The van der Waals surface area contributed by atoms with E-state index < -0.39 is 29.9 Å². The van der Waals surface area contributed by atoms with E-state index in [1.165, 1.54) is 22.7 Å². The van der Waals surface area contributed by atoms with Gasteiger partial charge in [-0.3, -0.25) is 4.79 Å². The van der Waals surface area contributed by atoms with Crippen LogP contribution in [0.4, 0.5) is 13.6 Å². The number of aromatic nitrogens is 4. The van der Waals surface area contributed by atoms with E-state index in [0.29, 0.717) is 11.5 Å². The summed E-state index contributed by atoms with van der Waals surface area (Å²) in [4.78, 5) is 35.4. The summed E-state index contributed by atoms with van der Waals surface area (Å²) in [5, 5.41) is 6.67. The predicted molar refractivity (Wildman–Crippen MR) is 103 cm³/mol. The molecule has 1 saturated heterocycles. The molecule has 0 bridgehead atoms. The number of methoxy groups -OCH3 is 1. The molecule has 3 heterocycles. The third-order valence-electron chi connectivity index (χ3n) is 5.34. The number of hydrogen-bond donors (Lipinski definition) is 1. The maximum Gasteiger partial charge on any atom is 0.409 e. The van der Waals surface area contributed by atoms with E-state index in [-0.39, 0.29) is 31.8 Å². The highest BCUT2D eigenvalue weighted by atomic mass is 19.3. The molecule has 0 unspecified atom stereocenters. The van der Waals surface area contributed by atoms with Crippen LogP contribution in [0.25, 0.3) is 5.78 Å². The Kier molecular flexibility index (Phi) is 5.91. The second-order valence-corrected chi connectivity index (χ2v) is 8.00. The fraction of sp³-hybridized carbons (Fsp3) is 0.632. The van der Waals surface area contributed by atoms with E-state index in [1.54, 1.807) is 6.20 Å². The van der Waals surface area contributed by atoms with Gasteiger partial charge in [0.15, 0.2) is 0 Å². The number of carbonyl (C=O) groups excluding carboxylic acids is 2. The molecule has 2 aromatic heterocycles. The number of alkyl halides is 2. The minimum absolute atomic E-state index is 0.171. The van der Waals surface area contributed by atoms with E-state index in [0.717, 1.165) is 12.6 Å². The molecule has 30 heavy (non-hydrogen) atoms. The molecule has 0 saturated carbocycles. The largest absolute Gasteiger partial charge is 0.453 e. The van der Waals surface area contributed by atoms with Gasteiger partial charge in [0.05, 0.1) is 42.9 Å². The third kappa shape index (κ3) is 4.34.